The van der Waals surface area contributed by atoms with E-state index in [9.17, 15) is 25.2 Å². The first-order chi connectivity index (χ1) is 18.4. The highest BCUT2D eigenvalue weighted by Crippen LogP contribution is 2.35. The van der Waals surface area contributed by atoms with Gasteiger partial charge in [0.1, 0.15) is 6.10 Å². The maximum absolute atomic E-state index is 13.6. The highest BCUT2D eigenvalue weighted by Gasteiger charge is 2.46. The molecule has 0 amide bonds. The van der Waals surface area contributed by atoms with Crippen LogP contribution < -0.4 is 0 Å². The average Bonchev–Trinajstić information content (AvgIpc) is 2.88. The molecule has 0 aliphatic carbocycles. The minimum Gasteiger partial charge on any atom is -0.462 e. The van der Waals surface area contributed by atoms with Gasteiger partial charge in [0.2, 0.25) is 0 Å². The second-order valence-electron chi connectivity index (χ2n) is 13.3. The Morgan fingerprint density at radius 2 is 1.65 bits per heavy atom. The monoisotopic (exact) mass is 574 g/mol. The van der Waals surface area contributed by atoms with Gasteiger partial charge in [-0.1, -0.05) is 27.7 Å². The summed E-state index contributed by atoms with van der Waals surface area (Å²) in [6, 6.07) is -0.420. The molecule has 236 valence electrons. The third kappa shape index (κ3) is 8.37. The maximum atomic E-state index is 13.6. The van der Waals surface area contributed by atoms with Crippen LogP contribution in [0.5, 0.6) is 0 Å². The van der Waals surface area contributed by atoms with E-state index in [4.69, 9.17) is 14.2 Å². The van der Waals surface area contributed by atoms with Crippen molar-refractivity contribution < 1.29 is 39.4 Å². The molecule has 0 spiro atoms. The number of ether oxygens (including phenoxy) is 3. The number of aliphatic hydroxyl groups is 4. The molecule has 0 aromatic rings. The van der Waals surface area contributed by atoms with Gasteiger partial charge in [0.25, 0.3) is 0 Å². The van der Waals surface area contributed by atoms with Crippen molar-refractivity contribution in [3.8, 4) is 0 Å². The summed E-state index contributed by atoms with van der Waals surface area (Å²) < 4.78 is 18.5. The zero-order valence-corrected chi connectivity index (χ0v) is 26.7. The molecule has 0 radical (unpaired) electrons. The number of rotatable bonds is 4. The highest BCUT2D eigenvalue weighted by molar-refractivity contribution is 5.73. The maximum Gasteiger partial charge on any atom is 0.311 e. The van der Waals surface area contributed by atoms with E-state index in [1.807, 2.05) is 53.7 Å². The minimum absolute atomic E-state index is 0.0124. The number of hydrogen-bond donors (Lipinski definition) is 4. The normalized spacial score (nSPS) is 47.4. The van der Waals surface area contributed by atoms with Crippen molar-refractivity contribution in [3.05, 3.63) is 0 Å². The average molecular weight is 575 g/mol. The molecular weight excluding hydrogens is 516 g/mol. The largest absolute Gasteiger partial charge is 0.462 e. The van der Waals surface area contributed by atoms with Crippen molar-refractivity contribution in [2.75, 3.05) is 27.7 Å². The first kappa shape index (κ1) is 35.3. The molecule has 0 aromatic heterocycles. The van der Waals surface area contributed by atoms with Crippen molar-refractivity contribution in [3.63, 3.8) is 0 Å². The fraction of sp³-hybridized carbons (Fsp3) is 0.967. The molecular formula is C30H58N2O8. The SMILES string of the molecule is CC[C@H]1OC(=O)[C@H](C)[C@@H](O[C@H]2CC(N(C)C)[C@H](O)[C@@H](C)O2)[C@H](C)[C@@H](O)[C@](C)(O)C[C@@H](C)CN(C)[C@H](C)[C@@H](O)[C@H]1C. The first-order valence-corrected chi connectivity index (χ1v) is 15.1. The van der Waals surface area contributed by atoms with Crippen molar-refractivity contribution in [1.82, 2.24) is 9.80 Å². The standard InChI is InChI=1S/C30H58N2O8/c1-12-23-17(3)25(33)20(6)32(11)15-16(2)14-30(8,37)28(35)18(4)27(19(5)29(36)39-23)40-24-13-22(31(9)10)26(34)21(7)38-24/h16-28,33-35,37H,12-15H2,1-11H3/t16-,17+,18+,19-,20-,21-,22?,23-,24+,25+,26-,27+,28-,30-/m1/s1. The van der Waals surface area contributed by atoms with Crippen molar-refractivity contribution in [2.45, 2.75) is 135 Å². The molecule has 2 fully saturated rings. The summed E-state index contributed by atoms with van der Waals surface area (Å²) in [5, 5.41) is 44.8. The van der Waals surface area contributed by atoms with Crippen LogP contribution in [0.2, 0.25) is 0 Å². The summed E-state index contributed by atoms with van der Waals surface area (Å²) in [6.45, 7) is 15.3. The number of carbonyl (C=O) groups excluding carboxylic acids is 1. The second-order valence-corrected chi connectivity index (χ2v) is 13.3. The summed E-state index contributed by atoms with van der Waals surface area (Å²) >= 11 is 0. The lowest BCUT2D eigenvalue weighted by atomic mass is 9.78. The Kier molecular flexibility index (Phi) is 12.9. The summed E-state index contributed by atoms with van der Waals surface area (Å²) in [6.07, 6.45) is -3.99. The van der Waals surface area contributed by atoms with Crippen molar-refractivity contribution in [1.29, 1.82) is 0 Å². The summed E-state index contributed by atoms with van der Waals surface area (Å²) in [5.41, 5.74) is -1.46. The Labute approximate surface area is 242 Å². The van der Waals surface area contributed by atoms with E-state index in [2.05, 4.69) is 4.90 Å². The van der Waals surface area contributed by atoms with Gasteiger partial charge in [-0.3, -0.25) is 4.79 Å². The lowest BCUT2D eigenvalue weighted by Crippen LogP contribution is -2.56. The van der Waals surface area contributed by atoms with Gasteiger partial charge < -0.3 is 44.4 Å². The van der Waals surface area contributed by atoms with E-state index < -0.39 is 66.3 Å². The number of hydrogen-bond acceptors (Lipinski definition) is 10. The minimum atomic E-state index is -1.46. The predicted molar refractivity (Wildman–Crippen MR) is 153 cm³/mol. The Morgan fingerprint density at radius 1 is 1.05 bits per heavy atom. The zero-order chi connectivity index (χ0) is 30.7. The molecule has 0 saturated carbocycles. The zero-order valence-electron chi connectivity index (χ0n) is 26.7. The van der Waals surface area contributed by atoms with Crippen LogP contribution in [0.25, 0.3) is 0 Å². The fourth-order valence-electron chi connectivity index (χ4n) is 6.67. The molecule has 2 aliphatic heterocycles. The molecule has 1 unspecified atom stereocenters. The van der Waals surface area contributed by atoms with Crippen LogP contribution >= 0.6 is 0 Å². The Hall–Kier alpha value is -0.850. The third-order valence-electron chi connectivity index (χ3n) is 9.51. The molecule has 10 heteroatoms. The lowest BCUT2D eigenvalue weighted by Gasteiger charge is -2.44. The Balaban J connectivity index is 2.47. The molecule has 4 N–H and O–H groups in total. The topological polar surface area (TPSA) is 132 Å². The van der Waals surface area contributed by atoms with Crippen molar-refractivity contribution >= 4 is 5.97 Å². The molecule has 2 aliphatic rings. The van der Waals surface area contributed by atoms with Gasteiger partial charge in [-0.15, -0.1) is 0 Å². The number of aliphatic hydroxyl groups excluding tert-OH is 3. The van der Waals surface area contributed by atoms with Crippen LogP contribution in [0.15, 0.2) is 0 Å². The molecule has 0 bridgehead atoms. The lowest BCUT2D eigenvalue weighted by molar-refractivity contribution is -0.268. The van der Waals surface area contributed by atoms with Crippen LogP contribution in [0.4, 0.5) is 0 Å². The number of nitrogens with zero attached hydrogens (tertiary/aromatic N) is 2. The molecule has 40 heavy (non-hydrogen) atoms. The number of likely N-dealkylation sites (N-methyl/N-ethyl adjacent to an activating group) is 2. The van der Waals surface area contributed by atoms with Crippen molar-refractivity contribution in [2.24, 2.45) is 23.7 Å². The molecule has 10 nitrogen and oxygen atoms in total. The number of cyclic esters (lactones) is 1. The summed E-state index contributed by atoms with van der Waals surface area (Å²) in [4.78, 5) is 17.6. The summed E-state index contributed by atoms with van der Waals surface area (Å²) in [5.74, 6) is -2.25. The van der Waals surface area contributed by atoms with Gasteiger partial charge >= 0.3 is 5.97 Å². The van der Waals surface area contributed by atoms with Gasteiger partial charge in [0.15, 0.2) is 6.29 Å². The van der Waals surface area contributed by atoms with E-state index in [0.29, 0.717) is 25.8 Å². The van der Waals surface area contributed by atoms with Crippen LogP contribution in [-0.2, 0) is 19.0 Å². The number of carbonyl (C=O) groups is 1. The third-order valence-corrected chi connectivity index (χ3v) is 9.51. The quantitative estimate of drug-likeness (QED) is 0.369. The Bertz CT molecular complexity index is 798. The predicted octanol–water partition coefficient (Wildman–Crippen LogP) is 1.86. The second kappa shape index (κ2) is 14.6. The number of esters is 1. The van der Waals surface area contributed by atoms with Gasteiger partial charge in [-0.25, -0.2) is 0 Å². The first-order valence-electron chi connectivity index (χ1n) is 15.1. The van der Waals surface area contributed by atoms with E-state index in [1.165, 1.54) is 0 Å². The fourth-order valence-corrected chi connectivity index (χ4v) is 6.67. The van der Waals surface area contributed by atoms with Gasteiger partial charge in [-0.2, -0.15) is 0 Å². The van der Waals surface area contributed by atoms with Gasteiger partial charge in [-0.05, 0) is 67.6 Å². The molecule has 2 heterocycles. The molecule has 0 aromatic carbocycles. The van der Waals surface area contributed by atoms with Crippen LogP contribution in [0.3, 0.4) is 0 Å². The van der Waals surface area contributed by atoms with E-state index in [1.54, 1.807) is 27.7 Å². The van der Waals surface area contributed by atoms with Gasteiger partial charge in [0, 0.05) is 36.9 Å². The molecule has 14 atom stereocenters. The van der Waals surface area contributed by atoms with Crippen LogP contribution in [0, 0.1) is 23.7 Å². The smallest absolute Gasteiger partial charge is 0.311 e. The molecule has 2 rings (SSSR count). The highest BCUT2D eigenvalue weighted by atomic mass is 16.7. The van der Waals surface area contributed by atoms with E-state index >= 15 is 0 Å². The summed E-state index contributed by atoms with van der Waals surface area (Å²) in [7, 11) is 5.71. The Morgan fingerprint density at radius 3 is 2.20 bits per heavy atom. The van der Waals surface area contributed by atoms with E-state index in [0.717, 1.165) is 0 Å². The van der Waals surface area contributed by atoms with Gasteiger partial charge in [0.05, 0.1) is 42.0 Å². The molecule has 2 saturated heterocycles. The van der Waals surface area contributed by atoms with Crippen LogP contribution in [0.1, 0.15) is 74.7 Å². The van der Waals surface area contributed by atoms with Crippen LogP contribution in [-0.4, -0.2) is 124 Å². The van der Waals surface area contributed by atoms with E-state index in [-0.39, 0.29) is 23.9 Å².